The molecule has 3 unspecified atom stereocenters. The number of hydrogen-bond donors (Lipinski definition) is 1. The number of likely N-dealkylation sites (tertiary alicyclic amines) is 1. The van der Waals surface area contributed by atoms with Crippen LogP contribution in [0.3, 0.4) is 0 Å². The Kier molecular flexibility index (Phi) is 6.50. The van der Waals surface area contributed by atoms with E-state index in [1.54, 1.807) is 4.90 Å². The molecule has 1 aromatic carbocycles. The summed E-state index contributed by atoms with van der Waals surface area (Å²) in [5, 5.41) is 12.7. The highest BCUT2D eigenvalue weighted by Crippen LogP contribution is 2.43. The Bertz CT molecular complexity index is 1330. The highest BCUT2D eigenvalue weighted by Gasteiger charge is 2.52. The minimum Gasteiger partial charge on any atom is -0.451 e. The van der Waals surface area contributed by atoms with Crippen LogP contribution in [-0.2, 0) is 26.3 Å². The molecule has 2 amide bonds. The third kappa shape index (κ3) is 4.90. The molecule has 38 heavy (non-hydrogen) atoms. The van der Waals surface area contributed by atoms with Gasteiger partial charge in [-0.05, 0) is 83.6 Å². The first-order valence-corrected chi connectivity index (χ1v) is 13.9. The van der Waals surface area contributed by atoms with Crippen LogP contribution in [0.4, 0.5) is 4.79 Å². The third-order valence-electron chi connectivity index (χ3n) is 7.52. The number of nitriles is 1. The molecule has 8 nitrogen and oxygen atoms in total. The van der Waals surface area contributed by atoms with Crippen molar-refractivity contribution in [3.63, 3.8) is 0 Å². The van der Waals surface area contributed by atoms with Crippen molar-refractivity contribution in [2.45, 2.75) is 89.6 Å². The van der Waals surface area contributed by atoms with Gasteiger partial charge in [0.2, 0.25) is 5.91 Å². The Balaban J connectivity index is 1.27. The second-order valence-corrected chi connectivity index (χ2v) is 13.0. The summed E-state index contributed by atoms with van der Waals surface area (Å²) in [6, 6.07) is 10.5. The molecule has 2 aromatic rings. The number of hydrogen-bond acceptors (Lipinski definition) is 7. The van der Waals surface area contributed by atoms with Gasteiger partial charge in [0.25, 0.3) is 0 Å². The highest BCUT2D eigenvalue weighted by molar-refractivity contribution is 7.15. The molecule has 1 aliphatic carbocycles. The molecule has 4 atom stereocenters. The second-order valence-electron chi connectivity index (χ2n) is 11.9. The summed E-state index contributed by atoms with van der Waals surface area (Å²) >= 11 is 1.52. The van der Waals surface area contributed by atoms with Crippen LogP contribution in [0.1, 0.15) is 74.7 Å². The zero-order chi connectivity index (χ0) is 27.4. The lowest BCUT2D eigenvalue weighted by molar-refractivity contribution is -0.128. The Morgan fingerprint density at radius 1 is 1.26 bits per heavy atom. The molecular weight excluding hydrogens is 502 g/mol. The van der Waals surface area contributed by atoms with Gasteiger partial charge in [0.1, 0.15) is 23.3 Å². The summed E-state index contributed by atoms with van der Waals surface area (Å²) in [6.45, 7) is 9.18. The van der Waals surface area contributed by atoms with Crippen LogP contribution >= 0.6 is 11.3 Å². The van der Waals surface area contributed by atoms with E-state index in [4.69, 9.17) is 9.47 Å². The summed E-state index contributed by atoms with van der Waals surface area (Å²) in [4.78, 5) is 42.1. The van der Waals surface area contributed by atoms with E-state index in [1.807, 2.05) is 65.0 Å². The van der Waals surface area contributed by atoms with Crippen LogP contribution in [0, 0.1) is 17.2 Å². The number of esters is 1. The number of carbonyl (C=O) groups excluding carboxylic acids is 3. The number of amides is 2. The van der Waals surface area contributed by atoms with Gasteiger partial charge in [-0.3, -0.25) is 9.69 Å². The fraction of sp³-hybridized carbons (Fsp3) is 0.517. The van der Waals surface area contributed by atoms with Crippen molar-refractivity contribution in [3.8, 4) is 16.5 Å². The summed E-state index contributed by atoms with van der Waals surface area (Å²) < 4.78 is 11.1. The van der Waals surface area contributed by atoms with Gasteiger partial charge >= 0.3 is 12.1 Å². The number of nitrogens with zero attached hydrogens (tertiary/aromatic N) is 2. The van der Waals surface area contributed by atoms with Crippen molar-refractivity contribution in [2.75, 3.05) is 0 Å². The summed E-state index contributed by atoms with van der Waals surface area (Å²) in [5.41, 5.74) is 1.06. The number of thiophene rings is 1. The van der Waals surface area contributed by atoms with Gasteiger partial charge in [-0.1, -0.05) is 12.1 Å². The number of fused-ring (bicyclic) bond motifs is 3. The lowest BCUT2D eigenvalue weighted by Crippen LogP contribution is -2.55. The topological polar surface area (TPSA) is 109 Å². The second kappa shape index (κ2) is 9.42. The zero-order valence-electron chi connectivity index (χ0n) is 22.4. The average molecular weight is 536 g/mol. The highest BCUT2D eigenvalue weighted by atomic mass is 32.1. The molecule has 2 aliphatic heterocycles. The summed E-state index contributed by atoms with van der Waals surface area (Å²) in [5.74, 6) is -0.542. The first-order valence-electron chi connectivity index (χ1n) is 13.0. The minimum absolute atomic E-state index is 0.00108. The molecule has 9 heteroatoms. The van der Waals surface area contributed by atoms with Gasteiger partial charge in [0.15, 0.2) is 0 Å². The zero-order valence-corrected chi connectivity index (χ0v) is 23.2. The first kappa shape index (κ1) is 26.2. The summed E-state index contributed by atoms with van der Waals surface area (Å²) in [7, 11) is 0. The predicted molar refractivity (Wildman–Crippen MR) is 142 cm³/mol. The normalized spacial score (nSPS) is 23.9. The molecule has 2 fully saturated rings. The van der Waals surface area contributed by atoms with Crippen LogP contribution in [0.15, 0.2) is 30.3 Å². The Labute approximate surface area is 226 Å². The quantitative estimate of drug-likeness (QED) is 0.530. The van der Waals surface area contributed by atoms with Gasteiger partial charge in [0, 0.05) is 27.8 Å². The number of carbonyl (C=O) groups is 3. The third-order valence-corrected chi connectivity index (χ3v) is 8.67. The first-order chi connectivity index (χ1) is 17.9. The predicted octanol–water partition coefficient (Wildman–Crippen LogP) is 5.16. The van der Waals surface area contributed by atoms with E-state index >= 15 is 0 Å². The van der Waals surface area contributed by atoms with Crippen LogP contribution in [0.5, 0.6) is 0 Å². The number of rotatable bonds is 5. The number of ether oxygens (including phenoxy) is 2. The summed E-state index contributed by atoms with van der Waals surface area (Å²) in [6.07, 6.45) is 2.42. The molecule has 1 saturated carbocycles. The van der Waals surface area contributed by atoms with Crippen molar-refractivity contribution in [3.05, 3.63) is 46.3 Å². The largest absolute Gasteiger partial charge is 0.451 e. The Morgan fingerprint density at radius 2 is 2.03 bits per heavy atom. The van der Waals surface area contributed by atoms with Crippen LogP contribution in [-0.4, -0.2) is 46.6 Å². The van der Waals surface area contributed by atoms with Gasteiger partial charge in [-0.2, -0.15) is 5.26 Å². The molecule has 0 radical (unpaired) electrons. The molecular formula is C29H33N3O5S. The fourth-order valence-electron chi connectivity index (χ4n) is 5.87. The van der Waals surface area contributed by atoms with Crippen molar-refractivity contribution in [1.29, 1.82) is 5.26 Å². The van der Waals surface area contributed by atoms with Gasteiger partial charge in [-0.25, -0.2) is 9.59 Å². The lowest BCUT2D eigenvalue weighted by Gasteiger charge is -2.35. The van der Waals surface area contributed by atoms with Gasteiger partial charge < -0.3 is 14.8 Å². The molecule has 200 valence electrons. The molecule has 2 bridgehead atoms. The van der Waals surface area contributed by atoms with Gasteiger partial charge in [0.05, 0.1) is 11.6 Å². The molecule has 3 heterocycles. The fourth-order valence-corrected chi connectivity index (χ4v) is 6.92. The maximum atomic E-state index is 13.3. The molecule has 1 N–H and O–H groups in total. The number of piperidine rings is 1. The van der Waals surface area contributed by atoms with Crippen molar-refractivity contribution < 1.29 is 23.9 Å². The SMILES string of the molecule is CC(C)(C)OC(=O)N1C2CCC(C2)C1C(=O)N[C@H](C#N)Cc1ccc(-c2ccc3c(c2)C(=O)OC3(C)C)s1. The van der Waals surface area contributed by atoms with E-state index in [1.165, 1.54) is 11.3 Å². The van der Waals surface area contributed by atoms with E-state index in [9.17, 15) is 19.6 Å². The monoisotopic (exact) mass is 535 g/mol. The Morgan fingerprint density at radius 3 is 2.74 bits per heavy atom. The maximum Gasteiger partial charge on any atom is 0.411 e. The standard InChI is InChI=1S/C29H33N3O5S/c1-28(2,3)37-27(35)32-19-8-6-17(12-19)24(32)25(33)31-18(15-30)14-20-9-11-23(38-20)16-7-10-22-21(13-16)26(34)36-29(22,4)5/h7,9-11,13,17-19,24H,6,8,12,14H2,1-5H3,(H,31,33)/t17?,18-,19?,24?/m0/s1. The maximum absolute atomic E-state index is 13.3. The van der Waals surface area contributed by atoms with E-state index in [0.717, 1.165) is 40.1 Å². The van der Waals surface area contributed by atoms with Crippen LogP contribution in [0.2, 0.25) is 0 Å². The van der Waals surface area contributed by atoms with Crippen molar-refractivity contribution in [1.82, 2.24) is 10.2 Å². The number of cyclic esters (lactones) is 1. The molecule has 5 rings (SSSR count). The molecule has 0 spiro atoms. The molecule has 1 saturated heterocycles. The number of benzene rings is 1. The molecule has 3 aliphatic rings. The van der Waals surface area contributed by atoms with Crippen LogP contribution in [0.25, 0.3) is 10.4 Å². The van der Waals surface area contributed by atoms with E-state index in [2.05, 4.69) is 11.4 Å². The van der Waals surface area contributed by atoms with Gasteiger partial charge in [-0.15, -0.1) is 11.3 Å². The lowest BCUT2D eigenvalue weighted by atomic mass is 9.94. The smallest absolute Gasteiger partial charge is 0.411 e. The number of nitrogens with one attached hydrogen (secondary N) is 1. The van der Waals surface area contributed by atoms with E-state index in [-0.39, 0.29) is 23.8 Å². The van der Waals surface area contributed by atoms with Crippen LogP contribution < -0.4 is 5.32 Å². The molecule has 1 aromatic heterocycles. The van der Waals surface area contributed by atoms with E-state index in [0.29, 0.717) is 12.0 Å². The van der Waals surface area contributed by atoms with Crippen molar-refractivity contribution >= 4 is 29.3 Å². The van der Waals surface area contributed by atoms with Crippen molar-refractivity contribution in [2.24, 2.45) is 5.92 Å². The Hall–Kier alpha value is -3.38. The minimum atomic E-state index is -0.732. The average Bonchev–Trinajstić information content (AvgIpc) is 3.61. The van der Waals surface area contributed by atoms with E-state index < -0.39 is 29.4 Å².